The van der Waals surface area contributed by atoms with Crippen LogP contribution in [0, 0.1) is 0 Å². The fourth-order valence-electron chi connectivity index (χ4n) is 7.23. The first kappa shape index (κ1) is 21.3. The van der Waals surface area contributed by atoms with Crippen LogP contribution in [-0.2, 0) is 16.6 Å². The van der Waals surface area contributed by atoms with Crippen molar-refractivity contribution < 1.29 is 24.1 Å². The van der Waals surface area contributed by atoms with E-state index in [0.29, 0.717) is 36.8 Å². The molecule has 3 aliphatic heterocycles. The van der Waals surface area contributed by atoms with Crippen molar-refractivity contribution in [1.29, 1.82) is 0 Å². The average molecular weight is 456 g/mol. The van der Waals surface area contributed by atoms with Crippen LogP contribution in [0.3, 0.4) is 0 Å². The van der Waals surface area contributed by atoms with Crippen molar-refractivity contribution in [3.05, 3.63) is 35.1 Å². The molecule has 5 atom stereocenters. The van der Waals surface area contributed by atoms with Crippen LogP contribution in [-0.4, -0.2) is 78.6 Å². The number of nitrogens with two attached hydrogens (primary N) is 1. The van der Waals surface area contributed by atoms with Crippen molar-refractivity contribution in [3.8, 4) is 11.5 Å². The summed E-state index contributed by atoms with van der Waals surface area (Å²) in [5, 5.41) is 12.3. The minimum atomic E-state index is -1.00. The van der Waals surface area contributed by atoms with Gasteiger partial charge in [0.25, 0.3) is 0 Å². The summed E-state index contributed by atoms with van der Waals surface area (Å²) < 4.78 is 18.3. The first-order valence-electron chi connectivity index (χ1n) is 12.1. The highest BCUT2D eigenvalue weighted by Crippen LogP contribution is 2.65. The number of nitrogens with zero attached hydrogens (tertiary/aromatic N) is 2. The Hall–Kier alpha value is -2.29. The van der Waals surface area contributed by atoms with Crippen LogP contribution in [0.15, 0.2) is 24.0 Å². The Labute approximate surface area is 194 Å². The van der Waals surface area contributed by atoms with Gasteiger partial charge in [-0.1, -0.05) is 6.07 Å². The Morgan fingerprint density at radius 2 is 2.18 bits per heavy atom. The van der Waals surface area contributed by atoms with Gasteiger partial charge in [-0.15, -0.1) is 0 Å². The van der Waals surface area contributed by atoms with Gasteiger partial charge in [0.05, 0.1) is 18.1 Å². The van der Waals surface area contributed by atoms with E-state index in [4.69, 9.17) is 19.9 Å². The number of rotatable bonds is 3. The third-order valence-corrected chi connectivity index (χ3v) is 8.90. The average Bonchev–Trinajstić information content (AvgIpc) is 3.18. The van der Waals surface area contributed by atoms with Gasteiger partial charge >= 0.3 is 6.09 Å². The minimum absolute atomic E-state index is 0.00122. The van der Waals surface area contributed by atoms with Crippen LogP contribution >= 0.6 is 0 Å². The lowest BCUT2D eigenvalue weighted by Gasteiger charge is -2.61. The van der Waals surface area contributed by atoms with E-state index in [9.17, 15) is 9.90 Å². The number of ether oxygens (including phenoxy) is 3. The molecular weight excluding hydrogens is 422 g/mol. The van der Waals surface area contributed by atoms with Gasteiger partial charge in [-0.05, 0) is 63.4 Å². The number of hydrogen-bond donors (Lipinski definition) is 2. The zero-order valence-corrected chi connectivity index (χ0v) is 19.4. The standard InChI is InChI=1S/C25H33N3O5/c1-27-12-10-24-20-15-6-7-17(31-2)21(20)33-22(24)18(8-9-25(24,30)19(27)13-15)32-23(29)28-11-4-3-5-16(28)14-26/h6-8,16,19,22,30H,3-5,9-14,26H2,1-2H3/t16?,19?,22-,24-,25+/m0/s1. The number of amides is 1. The van der Waals surface area contributed by atoms with E-state index in [-0.39, 0.29) is 18.2 Å². The largest absolute Gasteiger partial charge is 0.493 e. The van der Waals surface area contributed by atoms with Gasteiger partial charge < -0.3 is 34.9 Å². The van der Waals surface area contributed by atoms with E-state index in [1.165, 1.54) is 5.56 Å². The number of likely N-dealkylation sites (N-methyl/N-ethyl adjacent to an activating group) is 1. The molecule has 8 heteroatoms. The highest BCUT2D eigenvalue weighted by molar-refractivity contribution is 5.71. The number of methoxy groups -OCH3 is 1. The molecule has 0 saturated carbocycles. The van der Waals surface area contributed by atoms with E-state index in [2.05, 4.69) is 18.0 Å². The SMILES string of the molecule is COc1ccc2c3c1O[C@H]1C(OC(=O)N4CCCCC4CN)=CC[C@@]4(O)C(C2)N(C)CC[C@]314. The molecule has 1 spiro atoms. The Balaban J connectivity index is 1.42. The topological polar surface area (TPSA) is 97.5 Å². The summed E-state index contributed by atoms with van der Waals surface area (Å²) in [4.78, 5) is 17.3. The van der Waals surface area contributed by atoms with E-state index in [1.807, 2.05) is 12.1 Å². The molecule has 3 N–H and O–H groups in total. The molecule has 2 saturated heterocycles. The van der Waals surface area contributed by atoms with Crippen molar-refractivity contribution in [3.63, 3.8) is 0 Å². The Morgan fingerprint density at radius 1 is 1.33 bits per heavy atom. The fraction of sp³-hybridized carbons (Fsp3) is 0.640. The molecule has 2 fully saturated rings. The van der Waals surface area contributed by atoms with Gasteiger partial charge in [-0.2, -0.15) is 0 Å². The fourth-order valence-corrected chi connectivity index (χ4v) is 7.23. The first-order chi connectivity index (χ1) is 15.9. The van der Waals surface area contributed by atoms with Crippen LogP contribution in [0.25, 0.3) is 0 Å². The Kier molecular flexibility index (Phi) is 4.74. The lowest BCUT2D eigenvalue weighted by molar-refractivity contribution is -0.163. The second-order valence-electron chi connectivity index (χ2n) is 10.2. The van der Waals surface area contributed by atoms with E-state index in [1.54, 1.807) is 12.0 Å². The molecule has 0 aromatic heterocycles. The smallest absolute Gasteiger partial charge is 0.415 e. The van der Waals surface area contributed by atoms with Gasteiger partial charge in [-0.3, -0.25) is 0 Å². The second-order valence-corrected chi connectivity index (χ2v) is 10.2. The van der Waals surface area contributed by atoms with Gasteiger partial charge in [0.2, 0.25) is 0 Å². The van der Waals surface area contributed by atoms with Gasteiger partial charge in [0.1, 0.15) is 5.76 Å². The number of carbonyl (C=O) groups is 1. The lowest BCUT2D eigenvalue weighted by Crippen LogP contribution is -2.74. The molecule has 33 heavy (non-hydrogen) atoms. The predicted octanol–water partition coefficient (Wildman–Crippen LogP) is 1.92. The number of hydrogen-bond acceptors (Lipinski definition) is 7. The zero-order chi connectivity index (χ0) is 23.0. The van der Waals surface area contributed by atoms with Gasteiger partial charge in [0.15, 0.2) is 17.6 Å². The van der Waals surface area contributed by atoms with Gasteiger partial charge in [-0.25, -0.2) is 4.79 Å². The molecule has 3 heterocycles. The van der Waals surface area contributed by atoms with Crippen LogP contribution in [0.1, 0.15) is 43.2 Å². The zero-order valence-electron chi connectivity index (χ0n) is 19.4. The van der Waals surface area contributed by atoms with Crippen molar-refractivity contribution in [1.82, 2.24) is 9.80 Å². The molecule has 1 amide bonds. The number of carbonyl (C=O) groups excluding carboxylic acids is 1. The van der Waals surface area contributed by atoms with Crippen LogP contribution in [0.4, 0.5) is 4.79 Å². The maximum atomic E-state index is 13.2. The maximum absolute atomic E-state index is 13.2. The molecule has 2 aliphatic carbocycles. The summed E-state index contributed by atoms with van der Waals surface area (Å²) in [7, 11) is 3.71. The number of piperidine rings is 2. The molecule has 8 nitrogen and oxygen atoms in total. The summed E-state index contributed by atoms with van der Waals surface area (Å²) in [6, 6.07) is 4.01. The van der Waals surface area contributed by atoms with E-state index in [0.717, 1.165) is 44.2 Å². The third-order valence-electron chi connectivity index (χ3n) is 8.90. The molecule has 5 aliphatic rings. The summed E-state index contributed by atoms with van der Waals surface area (Å²) in [5.41, 5.74) is 6.49. The summed E-state index contributed by atoms with van der Waals surface area (Å²) in [6.07, 6.45) is 5.75. The Bertz CT molecular complexity index is 1030. The van der Waals surface area contributed by atoms with Crippen molar-refractivity contribution >= 4 is 6.09 Å². The highest BCUT2D eigenvalue weighted by atomic mass is 16.6. The molecular formula is C25H33N3O5. The minimum Gasteiger partial charge on any atom is -0.493 e. The van der Waals surface area contributed by atoms with Crippen LogP contribution < -0.4 is 15.2 Å². The number of benzene rings is 1. The summed E-state index contributed by atoms with van der Waals surface area (Å²) in [6.45, 7) is 1.92. The van der Waals surface area contributed by atoms with E-state index < -0.39 is 17.1 Å². The molecule has 6 rings (SSSR count). The van der Waals surface area contributed by atoms with E-state index >= 15 is 0 Å². The summed E-state index contributed by atoms with van der Waals surface area (Å²) >= 11 is 0. The molecule has 178 valence electrons. The third kappa shape index (κ3) is 2.65. The van der Waals surface area contributed by atoms with Crippen LogP contribution in [0.2, 0.25) is 0 Å². The molecule has 0 radical (unpaired) electrons. The molecule has 1 aromatic rings. The van der Waals surface area contributed by atoms with Crippen molar-refractivity contribution in [2.45, 2.75) is 67.7 Å². The predicted molar refractivity (Wildman–Crippen MR) is 121 cm³/mol. The normalized spacial score (nSPS) is 36.5. The van der Waals surface area contributed by atoms with Crippen molar-refractivity contribution in [2.75, 3.05) is 33.8 Å². The van der Waals surface area contributed by atoms with Crippen LogP contribution in [0.5, 0.6) is 11.5 Å². The maximum Gasteiger partial charge on any atom is 0.415 e. The second kappa shape index (κ2) is 7.35. The lowest BCUT2D eigenvalue weighted by atomic mass is 9.50. The first-order valence-corrected chi connectivity index (χ1v) is 12.1. The van der Waals surface area contributed by atoms with Crippen molar-refractivity contribution in [2.24, 2.45) is 5.73 Å². The molecule has 2 unspecified atom stereocenters. The van der Waals surface area contributed by atoms with Gasteiger partial charge in [0, 0.05) is 37.2 Å². The quantitative estimate of drug-likeness (QED) is 0.719. The molecule has 1 aromatic carbocycles. The highest BCUT2D eigenvalue weighted by Gasteiger charge is 2.72. The number of aliphatic hydroxyl groups is 1. The Morgan fingerprint density at radius 3 is 2.97 bits per heavy atom. The summed E-state index contributed by atoms with van der Waals surface area (Å²) in [5.74, 6) is 1.84. The molecule has 2 bridgehead atoms. The number of likely N-dealkylation sites (tertiary alicyclic amines) is 2. The monoisotopic (exact) mass is 455 g/mol.